The van der Waals surface area contributed by atoms with E-state index in [4.69, 9.17) is 16.3 Å². The van der Waals surface area contributed by atoms with E-state index >= 15 is 0 Å². The Bertz CT molecular complexity index is 662. The van der Waals surface area contributed by atoms with E-state index < -0.39 is 0 Å². The molecule has 1 heterocycles. The van der Waals surface area contributed by atoms with E-state index in [1.807, 2.05) is 36.1 Å². The first-order valence-electron chi connectivity index (χ1n) is 9.51. The van der Waals surface area contributed by atoms with Crippen LogP contribution in [-0.4, -0.2) is 47.5 Å². The van der Waals surface area contributed by atoms with Gasteiger partial charge in [0.15, 0.2) is 0 Å². The molecule has 0 bridgehead atoms. The molecular weight excluding hydrogens is 352 g/mol. The second-order valence-corrected chi connectivity index (χ2v) is 7.57. The summed E-state index contributed by atoms with van der Waals surface area (Å²) in [5.41, 5.74) is 0.979. The Labute approximate surface area is 160 Å². The summed E-state index contributed by atoms with van der Waals surface area (Å²) in [5, 5.41) is 0.690. The summed E-state index contributed by atoms with van der Waals surface area (Å²) >= 11 is 6.37. The zero-order chi connectivity index (χ0) is 18.7. The normalized spacial score (nSPS) is 21.2. The highest BCUT2D eigenvalue weighted by molar-refractivity contribution is 6.31. The van der Waals surface area contributed by atoms with E-state index in [0.29, 0.717) is 24.7 Å². The quantitative estimate of drug-likeness (QED) is 0.769. The maximum atomic E-state index is 13.3. The summed E-state index contributed by atoms with van der Waals surface area (Å²) < 4.78 is 5.11. The lowest BCUT2D eigenvalue weighted by atomic mass is 9.95. The highest BCUT2D eigenvalue weighted by Crippen LogP contribution is 2.38. The Morgan fingerprint density at radius 1 is 1.31 bits per heavy atom. The highest BCUT2D eigenvalue weighted by atomic mass is 35.5. The molecule has 2 unspecified atom stereocenters. The van der Waals surface area contributed by atoms with Crippen LogP contribution in [-0.2, 0) is 9.53 Å². The van der Waals surface area contributed by atoms with E-state index in [1.54, 1.807) is 11.8 Å². The number of benzene rings is 1. The van der Waals surface area contributed by atoms with Crippen molar-refractivity contribution < 1.29 is 14.3 Å². The van der Waals surface area contributed by atoms with Crippen LogP contribution in [0.25, 0.3) is 0 Å². The summed E-state index contributed by atoms with van der Waals surface area (Å²) in [6.45, 7) is 5.29. The number of hydrogen-bond donors (Lipinski definition) is 0. The second kappa shape index (κ2) is 8.30. The number of rotatable bonds is 5. The average molecular weight is 379 g/mol. The van der Waals surface area contributed by atoms with Crippen LogP contribution >= 0.6 is 11.6 Å². The molecule has 0 radical (unpaired) electrons. The predicted octanol–water partition coefficient (Wildman–Crippen LogP) is 4.26. The molecule has 2 amide bonds. The van der Waals surface area contributed by atoms with Gasteiger partial charge in [0.25, 0.3) is 0 Å². The minimum Gasteiger partial charge on any atom is -0.450 e. The summed E-state index contributed by atoms with van der Waals surface area (Å²) in [4.78, 5) is 29.0. The number of halogens is 1. The van der Waals surface area contributed by atoms with Gasteiger partial charge in [0.1, 0.15) is 0 Å². The average Bonchev–Trinajstić information content (AvgIpc) is 3.47. The molecule has 1 aromatic rings. The summed E-state index contributed by atoms with van der Waals surface area (Å²) in [6, 6.07) is 7.93. The second-order valence-electron chi connectivity index (χ2n) is 7.16. The first-order valence-corrected chi connectivity index (χ1v) is 9.89. The van der Waals surface area contributed by atoms with Crippen molar-refractivity contribution in [1.82, 2.24) is 9.80 Å². The van der Waals surface area contributed by atoms with E-state index in [1.165, 1.54) is 0 Å². The Balaban J connectivity index is 1.75. The standard InChI is InChI=1S/C20H27ClN2O3/c1-3-26-20(25)22-12-6-7-15(13-22)19(24)23(16-10-11-16)14(2)17-8-4-5-9-18(17)21/h4-5,8-9,14-16H,3,6-7,10-13H2,1-2H3. The van der Waals surface area contributed by atoms with Crippen LogP contribution in [0.4, 0.5) is 4.79 Å². The van der Waals surface area contributed by atoms with E-state index in [0.717, 1.165) is 31.2 Å². The molecule has 2 aliphatic rings. The third-order valence-corrected chi connectivity index (χ3v) is 5.61. The van der Waals surface area contributed by atoms with Gasteiger partial charge in [-0.1, -0.05) is 29.8 Å². The van der Waals surface area contributed by atoms with Crippen molar-refractivity contribution in [2.75, 3.05) is 19.7 Å². The minimum atomic E-state index is -0.317. The topological polar surface area (TPSA) is 49.9 Å². The van der Waals surface area contributed by atoms with Crippen LogP contribution in [0.3, 0.4) is 0 Å². The number of carbonyl (C=O) groups excluding carboxylic acids is 2. The monoisotopic (exact) mass is 378 g/mol. The number of amides is 2. The fourth-order valence-electron chi connectivity index (χ4n) is 3.77. The Hall–Kier alpha value is -1.75. The minimum absolute atomic E-state index is 0.0679. The van der Waals surface area contributed by atoms with Crippen LogP contribution in [0, 0.1) is 5.92 Å². The van der Waals surface area contributed by atoms with Crippen molar-refractivity contribution in [2.45, 2.75) is 51.6 Å². The van der Waals surface area contributed by atoms with Crippen molar-refractivity contribution in [3.8, 4) is 0 Å². The number of carbonyl (C=O) groups is 2. The van der Waals surface area contributed by atoms with Crippen LogP contribution < -0.4 is 0 Å². The van der Waals surface area contributed by atoms with Crippen molar-refractivity contribution in [1.29, 1.82) is 0 Å². The van der Waals surface area contributed by atoms with E-state index in [2.05, 4.69) is 0 Å². The Morgan fingerprint density at radius 2 is 2.04 bits per heavy atom. The first-order chi connectivity index (χ1) is 12.5. The van der Waals surface area contributed by atoms with Gasteiger partial charge in [0.2, 0.25) is 5.91 Å². The highest BCUT2D eigenvalue weighted by Gasteiger charge is 2.41. The molecule has 2 atom stereocenters. The molecular formula is C20H27ClN2O3. The number of likely N-dealkylation sites (tertiary alicyclic amines) is 1. The van der Waals surface area contributed by atoms with Gasteiger partial charge < -0.3 is 14.5 Å². The molecule has 0 spiro atoms. The molecule has 1 saturated carbocycles. The molecule has 6 heteroatoms. The van der Waals surface area contributed by atoms with Crippen molar-refractivity contribution in [2.24, 2.45) is 5.92 Å². The van der Waals surface area contributed by atoms with Gasteiger partial charge in [-0.15, -0.1) is 0 Å². The Morgan fingerprint density at radius 3 is 2.69 bits per heavy atom. The number of nitrogens with zero attached hydrogens (tertiary/aromatic N) is 2. The zero-order valence-corrected chi connectivity index (χ0v) is 16.2. The largest absolute Gasteiger partial charge is 0.450 e. The lowest BCUT2D eigenvalue weighted by Crippen LogP contribution is -2.48. The fourth-order valence-corrected chi connectivity index (χ4v) is 4.07. The van der Waals surface area contributed by atoms with Crippen molar-refractivity contribution >= 4 is 23.6 Å². The molecule has 1 aliphatic carbocycles. The van der Waals surface area contributed by atoms with Gasteiger partial charge in [-0.05, 0) is 51.2 Å². The third-order valence-electron chi connectivity index (χ3n) is 5.26. The number of hydrogen-bond acceptors (Lipinski definition) is 3. The van der Waals surface area contributed by atoms with Crippen molar-refractivity contribution in [3.05, 3.63) is 34.9 Å². The summed E-state index contributed by atoms with van der Waals surface area (Å²) in [7, 11) is 0. The van der Waals surface area contributed by atoms with Gasteiger partial charge in [-0.25, -0.2) is 4.79 Å². The van der Waals surface area contributed by atoms with Crippen LogP contribution in [0.5, 0.6) is 0 Å². The molecule has 26 heavy (non-hydrogen) atoms. The lowest BCUT2D eigenvalue weighted by Gasteiger charge is -2.37. The zero-order valence-electron chi connectivity index (χ0n) is 15.5. The maximum Gasteiger partial charge on any atom is 0.409 e. The Kier molecular flexibility index (Phi) is 6.07. The van der Waals surface area contributed by atoms with Gasteiger partial charge in [-0.2, -0.15) is 0 Å². The smallest absolute Gasteiger partial charge is 0.409 e. The molecule has 5 nitrogen and oxygen atoms in total. The molecule has 1 saturated heterocycles. The van der Waals surface area contributed by atoms with Gasteiger partial charge in [0, 0.05) is 24.2 Å². The SMILES string of the molecule is CCOC(=O)N1CCCC(C(=O)N(C2CC2)C(C)c2ccccc2Cl)C1. The molecule has 2 fully saturated rings. The molecule has 0 N–H and O–H groups in total. The van der Waals surface area contributed by atoms with E-state index in [9.17, 15) is 9.59 Å². The summed E-state index contributed by atoms with van der Waals surface area (Å²) in [6.07, 6.45) is 3.40. The van der Waals surface area contributed by atoms with Gasteiger partial charge >= 0.3 is 6.09 Å². The van der Waals surface area contributed by atoms with Crippen molar-refractivity contribution in [3.63, 3.8) is 0 Å². The maximum absolute atomic E-state index is 13.3. The predicted molar refractivity (Wildman–Crippen MR) is 101 cm³/mol. The first kappa shape index (κ1) is 19.0. The molecule has 1 aliphatic heterocycles. The lowest BCUT2D eigenvalue weighted by molar-refractivity contribution is -0.140. The third kappa shape index (κ3) is 4.14. The number of piperidine rings is 1. The van der Waals surface area contributed by atoms with Crippen LogP contribution in [0.1, 0.15) is 51.1 Å². The van der Waals surface area contributed by atoms with Gasteiger partial charge in [-0.3, -0.25) is 4.79 Å². The molecule has 0 aromatic heterocycles. The van der Waals surface area contributed by atoms with E-state index in [-0.39, 0.29) is 30.0 Å². The van der Waals surface area contributed by atoms with Gasteiger partial charge in [0.05, 0.1) is 18.6 Å². The van der Waals surface area contributed by atoms with Crippen LogP contribution in [0.2, 0.25) is 5.02 Å². The molecule has 142 valence electrons. The van der Waals surface area contributed by atoms with Crippen LogP contribution in [0.15, 0.2) is 24.3 Å². The summed E-state index contributed by atoms with van der Waals surface area (Å²) in [5.74, 6) is -0.0346. The number of ether oxygens (including phenoxy) is 1. The molecule has 3 rings (SSSR count). The fraction of sp³-hybridized carbons (Fsp3) is 0.600. The molecule has 1 aromatic carbocycles.